The first-order valence-corrected chi connectivity index (χ1v) is 21.4. The first-order chi connectivity index (χ1) is 28.5. The first-order valence-electron chi connectivity index (χ1n) is 20.9. The van der Waals surface area contributed by atoms with Crippen LogP contribution in [0.5, 0.6) is 11.5 Å². The first kappa shape index (κ1) is 42.0. The highest BCUT2D eigenvalue weighted by atomic mass is 35.5. The highest BCUT2D eigenvalue weighted by molar-refractivity contribution is 6.18. The number of carbonyl (C=O) groups is 1. The topological polar surface area (TPSA) is 122 Å². The maximum Gasteiger partial charge on any atom is 0.410 e. The van der Waals surface area contributed by atoms with Crippen molar-refractivity contribution in [2.24, 2.45) is 22.9 Å². The smallest absolute Gasteiger partial charge is 0.410 e. The molecule has 0 bridgehead atoms. The van der Waals surface area contributed by atoms with Crippen LogP contribution in [0.1, 0.15) is 62.0 Å². The van der Waals surface area contributed by atoms with Crippen molar-refractivity contribution in [3.8, 4) is 11.5 Å². The number of amides is 1. The summed E-state index contributed by atoms with van der Waals surface area (Å²) in [5.74, 6) is -0.218. The number of rotatable bonds is 21. The number of unbranched alkanes of at least 4 members (excludes halogenated alkanes) is 2. The highest BCUT2D eigenvalue weighted by Crippen LogP contribution is 2.62. The Morgan fingerprint density at radius 3 is 2.60 bits per heavy atom. The number of nitrogens with zero attached hydrogens (tertiary/aromatic N) is 3. The van der Waals surface area contributed by atoms with Gasteiger partial charge >= 0.3 is 6.09 Å². The fourth-order valence-corrected chi connectivity index (χ4v) is 9.64. The van der Waals surface area contributed by atoms with Crippen molar-refractivity contribution < 1.29 is 38.8 Å². The van der Waals surface area contributed by atoms with Crippen LogP contribution < -0.4 is 9.47 Å². The molecular weight excluding hydrogens is 758 g/mol. The normalized spacial score (nSPS) is 25.3. The Balaban J connectivity index is 1.42. The molecular formula is C46H58ClN3O8. The summed E-state index contributed by atoms with van der Waals surface area (Å²) in [4.78, 5) is 24.3. The molecule has 7 rings (SSSR count). The zero-order chi connectivity index (χ0) is 40.5. The largest absolute Gasteiger partial charge is 0.492 e. The standard InChI is InChI=1S/C46H58ClN3O8/c1-3-25-57-46-42(50(45(53)56-26-19-47)31-34-14-10-13-32-11-4-5-15-36(32)34)30-40(48-54-2)38-28-33(12-6-8-23-51)37(16-7-9-24-52)43(44(38)46)39-29-35(17-18-41(39)58-46)55-27-22-49-20-21-49/h3-5,10-11,13-15,17-18,28-29,33,37,42-44,51-52H,1,6-9,12,16,19-27,30-31H2,2H3. The van der Waals surface area contributed by atoms with Gasteiger partial charge < -0.3 is 34.0 Å². The Labute approximate surface area is 347 Å². The van der Waals surface area contributed by atoms with E-state index in [9.17, 15) is 15.0 Å². The van der Waals surface area contributed by atoms with Gasteiger partial charge in [0, 0.05) is 50.8 Å². The van der Waals surface area contributed by atoms with Gasteiger partial charge in [0.15, 0.2) is 0 Å². The minimum absolute atomic E-state index is 0.0303. The lowest BCUT2D eigenvalue weighted by atomic mass is 9.55. The number of carbonyl (C=O) groups excluding carboxylic acids is 1. The molecule has 3 aromatic rings. The molecule has 2 heterocycles. The molecule has 6 unspecified atom stereocenters. The number of ether oxygens (including phenoxy) is 4. The molecule has 58 heavy (non-hydrogen) atoms. The third-order valence-corrected chi connectivity index (χ3v) is 12.4. The lowest BCUT2D eigenvalue weighted by molar-refractivity contribution is -0.256. The van der Waals surface area contributed by atoms with Crippen molar-refractivity contribution in [1.29, 1.82) is 0 Å². The molecule has 6 atom stereocenters. The minimum atomic E-state index is -1.41. The zero-order valence-electron chi connectivity index (χ0n) is 33.6. The maximum atomic E-state index is 14.6. The van der Waals surface area contributed by atoms with Gasteiger partial charge in [-0.3, -0.25) is 9.80 Å². The summed E-state index contributed by atoms with van der Waals surface area (Å²) in [7, 11) is 1.55. The van der Waals surface area contributed by atoms with Gasteiger partial charge in [0.1, 0.15) is 37.9 Å². The predicted molar refractivity (Wildman–Crippen MR) is 225 cm³/mol. The Morgan fingerprint density at radius 2 is 1.84 bits per heavy atom. The summed E-state index contributed by atoms with van der Waals surface area (Å²) in [6.45, 7) is 8.31. The van der Waals surface area contributed by atoms with E-state index in [2.05, 4.69) is 41.8 Å². The highest BCUT2D eigenvalue weighted by Gasteiger charge is 2.65. The minimum Gasteiger partial charge on any atom is -0.492 e. The second-order valence-corrected chi connectivity index (χ2v) is 16.1. The van der Waals surface area contributed by atoms with Crippen LogP contribution in [0.15, 0.2) is 90.1 Å². The summed E-state index contributed by atoms with van der Waals surface area (Å²) in [5.41, 5.74) is 3.64. The van der Waals surface area contributed by atoms with Gasteiger partial charge in [-0.2, -0.15) is 0 Å². The monoisotopic (exact) mass is 815 g/mol. The van der Waals surface area contributed by atoms with Crippen molar-refractivity contribution in [3.05, 3.63) is 96.1 Å². The summed E-state index contributed by atoms with van der Waals surface area (Å²) >= 11 is 6.11. The zero-order valence-corrected chi connectivity index (χ0v) is 34.4. The molecule has 2 N–H and O–H groups in total. The molecule has 2 aliphatic carbocycles. The van der Waals surface area contributed by atoms with Crippen LogP contribution in [0.2, 0.25) is 0 Å². The number of alkyl halides is 1. The van der Waals surface area contributed by atoms with E-state index < -0.39 is 23.8 Å². The van der Waals surface area contributed by atoms with E-state index in [1.165, 1.54) is 0 Å². The molecule has 1 saturated carbocycles. The number of hydrogen-bond acceptors (Lipinski definition) is 10. The molecule has 0 aromatic heterocycles. The predicted octanol–water partition coefficient (Wildman–Crippen LogP) is 7.68. The number of allylic oxidation sites excluding steroid dienone is 1. The fraction of sp³-hybridized carbons (Fsp3) is 0.522. The quantitative estimate of drug-likeness (QED) is 0.0367. The molecule has 4 aliphatic rings. The Hall–Kier alpha value is -4.13. The summed E-state index contributed by atoms with van der Waals surface area (Å²) < 4.78 is 26.7. The average Bonchev–Trinajstić information content (AvgIpc) is 4.07. The van der Waals surface area contributed by atoms with Gasteiger partial charge in [-0.15, -0.1) is 18.2 Å². The van der Waals surface area contributed by atoms with Crippen molar-refractivity contribution in [2.45, 2.75) is 69.2 Å². The Bertz CT molecular complexity index is 1930. The van der Waals surface area contributed by atoms with E-state index in [4.69, 9.17) is 40.5 Å². The van der Waals surface area contributed by atoms with E-state index in [0.29, 0.717) is 30.9 Å². The van der Waals surface area contributed by atoms with E-state index in [1.54, 1.807) is 18.1 Å². The number of fused-ring (bicyclic) bond motifs is 3. The molecule has 1 amide bonds. The van der Waals surface area contributed by atoms with Gasteiger partial charge in [0.25, 0.3) is 0 Å². The van der Waals surface area contributed by atoms with Crippen LogP contribution >= 0.6 is 11.6 Å². The van der Waals surface area contributed by atoms with Gasteiger partial charge in [-0.25, -0.2) is 4.79 Å². The van der Waals surface area contributed by atoms with Crippen LogP contribution in [-0.2, 0) is 20.9 Å². The molecule has 3 aromatic carbocycles. The van der Waals surface area contributed by atoms with Gasteiger partial charge in [-0.1, -0.05) is 72.6 Å². The van der Waals surface area contributed by atoms with E-state index >= 15 is 0 Å². The molecule has 11 nitrogen and oxygen atoms in total. The van der Waals surface area contributed by atoms with E-state index in [-0.39, 0.29) is 63.0 Å². The third kappa shape index (κ3) is 9.04. The number of oxime groups is 1. The SMILES string of the molecule is C=CCOC12Oc3ccc(OCCN4CC4)cc3C3C(CCCCO)C(CCCCO)C=C(C(=NOC)CC1N(Cc1cccc4ccccc14)C(=O)OCCCl)C32. The number of aliphatic hydroxyl groups excluding tert-OH is 2. The number of hydrogen-bond donors (Lipinski definition) is 2. The number of aliphatic hydroxyl groups is 2. The Morgan fingerprint density at radius 1 is 1.05 bits per heavy atom. The molecule has 1 saturated heterocycles. The molecule has 312 valence electrons. The maximum absolute atomic E-state index is 14.6. The van der Waals surface area contributed by atoms with Gasteiger partial charge in [0.05, 0.1) is 30.7 Å². The van der Waals surface area contributed by atoms with Crippen LogP contribution in [-0.4, -0.2) is 109 Å². The number of halogens is 1. The molecule has 0 radical (unpaired) electrons. The van der Waals surface area contributed by atoms with Gasteiger partial charge in [0.2, 0.25) is 5.79 Å². The van der Waals surface area contributed by atoms with Crippen LogP contribution in [0.3, 0.4) is 0 Å². The number of benzene rings is 3. The summed E-state index contributed by atoms with van der Waals surface area (Å²) in [5, 5.41) is 26.6. The van der Waals surface area contributed by atoms with Crippen molar-refractivity contribution in [2.75, 3.05) is 65.7 Å². The molecule has 2 fully saturated rings. The van der Waals surface area contributed by atoms with Crippen molar-refractivity contribution >= 4 is 34.2 Å². The average molecular weight is 816 g/mol. The summed E-state index contributed by atoms with van der Waals surface area (Å²) in [6, 6.07) is 19.6. The molecule has 0 spiro atoms. The van der Waals surface area contributed by atoms with Crippen molar-refractivity contribution in [3.63, 3.8) is 0 Å². The lowest BCUT2D eigenvalue weighted by Gasteiger charge is -2.59. The van der Waals surface area contributed by atoms with Crippen molar-refractivity contribution in [1.82, 2.24) is 9.80 Å². The Kier molecular flexibility index (Phi) is 14.3. The second kappa shape index (κ2) is 19.7. The second-order valence-electron chi connectivity index (χ2n) is 15.7. The molecule has 2 aliphatic heterocycles. The third-order valence-electron chi connectivity index (χ3n) is 12.2. The van der Waals surface area contributed by atoms with E-state index in [1.807, 2.05) is 36.4 Å². The van der Waals surface area contributed by atoms with Crippen LogP contribution in [0, 0.1) is 17.8 Å². The van der Waals surface area contributed by atoms with Gasteiger partial charge in [-0.05, 0) is 77.6 Å². The van der Waals surface area contributed by atoms with Crippen LogP contribution in [0.25, 0.3) is 10.8 Å². The summed E-state index contributed by atoms with van der Waals surface area (Å²) in [6.07, 6.45) is 8.53. The molecule has 12 heteroatoms. The fourth-order valence-electron chi connectivity index (χ4n) is 9.56. The van der Waals surface area contributed by atoms with Crippen LogP contribution in [0.4, 0.5) is 4.79 Å². The lowest BCUT2D eigenvalue weighted by Crippen LogP contribution is -2.70. The van der Waals surface area contributed by atoms with E-state index in [0.717, 1.165) is 78.5 Å².